The Hall–Kier alpha value is -1.32. The summed E-state index contributed by atoms with van der Waals surface area (Å²) in [5.41, 5.74) is 1.29. The van der Waals surface area contributed by atoms with Crippen LogP contribution < -0.4 is 10.1 Å². The Balaban J connectivity index is 1.94. The van der Waals surface area contributed by atoms with Crippen LogP contribution in [0.15, 0.2) is 41.8 Å². The van der Waals surface area contributed by atoms with Crippen molar-refractivity contribution in [1.29, 1.82) is 0 Å². The Morgan fingerprint density at radius 2 is 2.00 bits per heavy atom. The van der Waals surface area contributed by atoms with Crippen LogP contribution in [0, 0.1) is 0 Å². The lowest BCUT2D eigenvalue weighted by Crippen LogP contribution is -2.19. The third-order valence-electron chi connectivity index (χ3n) is 3.18. The molecule has 1 unspecified atom stereocenters. The second kappa shape index (κ2) is 7.31. The first-order valence-electron chi connectivity index (χ1n) is 6.73. The lowest BCUT2D eigenvalue weighted by molar-refractivity contribution is 0.414. The van der Waals surface area contributed by atoms with E-state index in [1.165, 1.54) is 23.3 Å². The molecule has 1 heterocycles. The largest absolute Gasteiger partial charge is 0.497 e. The minimum atomic E-state index is 0.465. The molecular formula is C16H21NOS. The fourth-order valence-corrected chi connectivity index (χ4v) is 2.94. The van der Waals surface area contributed by atoms with E-state index >= 15 is 0 Å². The van der Waals surface area contributed by atoms with E-state index in [0.717, 1.165) is 12.3 Å². The zero-order chi connectivity index (χ0) is 13.5. The zero-order valence-electron chi connectivity index (χ0n) is 11.6. The molecule has 0 saturated carbocycles. The summed E-state index contributed by atoms with van der Waals surface area (Å²) in [5.74, 6) is 0.909. The van der Waals surface area contributed by atoms with E-state index in [1.54, 1.807) is 7.11 Å². The minimum absolute atomic E-state index is 0.465. The van der Waals surface area contributed by atoms with Gasteiger partial charge in [-0.15, -0.1) is 11.3 Å². The number of benzene rings is 1. The van der Waals surface area contributed by atoms with E-state index in [2.05, 4.69) is 41.9 Å². The van der Waals surface area contributed by atoms with Gasteiger partial charge in [0.05, 0.1) is 7.11 Å². The van der Waals surface area contributed by atoms with E-state index in [0.29, 0.717) is 6.04 Å². The molecule has 1 aromatic carbocycles. The first kappa shape index (κ1) is 14.1. The lowest BCUT2D eigenvalue weighted by Gasteiger charge is -2.17. The van der Waals surface area contributed by atoms with Gasteiger partial charge < -0.3 is 10.1 Å². The van der Waals surface area contributed by atoms with Crippen LogP contribution in [0.3, 0.4) is 0 Å². The summed E-state index contributed by atoms with van der Waals surface area (Å²) in [5, 5.41) is 5.79. The van der Waals surface area contributed by atoms with Crippen molar-refractivity contribution in [2.75, 3.05) is 7.11 Å². The highest BCUT2D eigenvalue weighted by Crippen LogP contribution is 2.23. The van der Waals surface area contributed by atoms with Crippen LogP contribution in [0.2, 0.25) is 0 Å². The van der Waals surface area contributed by atoms with Gasteiger partial charge in [-0.25, -0.2) is 0 Å². The number of ether oxygens (including phenoxy) is 1. The molecule has 2 rings (SSSR count). The molecule has 0 saturated heterocycles. The van der Waals surface area contributed by atoms with E-state index in [4.69, 9.17) is 4.74 Å². The monoisotopic (exact) mass is 275 g/mol. The average molecular weight is 275 g/mol. The van der Waals surface area contributed by atoms with Crippen LogP contribution in [0.5, 0.6) is 5.75 Å². The van der Waals surface area contributed by atoms with Crippen molar-refractivity contribution in [3.63, 3.8) is 0 Å². The molecule has 19 heavy (non-hydrogen) atoms. The molecular weight excluding hydrogens is 254 g/mol. The summed E-state index contributed by atoms with van der Waals surface area (Å²) in [4.78, 5) is 1.43. The van der Waals surface area contributed by atoms with Crippen LogP contribution in [0.1, 0.15) is 36.2 Å². The molecule has 0 amide bonds. The quantitative estimate of drug-likeness (QED) is 0.809. The number of thiophene rings is 1. The van der Waals surface area contributed by atoms with E-state index in [1.807, 2.05) is 23.5 Å². The van der Waals surface area contributed by atoms with Gasteiger partial charge >= 0.3 is 0 Å². The fourth-order valence-electron chi connectivity index (χ4n) is 2.11. The molecule has 0 fully saturated rings. The Morgan fingerprint density at radius 3 is 2.58 bits per heavy atom. The number of hydrogen-bond acceptors (Lipinski definition) is 3. The number of hydrogen-bond donors (Lipinski definition) is 1. The Bertz CT molecular complexity index is 464. The van der Waals surface area contributed by atoms with Crippen LogP contribution in [-0.4, -0.2) is 7.11 Å². The van der Waals surface area contributed by atoms with Crippen LogP contribution in [-0.2, 0) is 6.54 Å². The standard InChI is InChI=1S/C16H21NOS/c1-3-5-15(16-6-4-11-19-16)17-12-13-7-9-14(18-2)10-8-13/h4,6-11,15,17H,3,5,12H2,1-2H3. The van der Waals surface area contributed by atoms with E-state index < -0.39 is 0 Å². The van der Waals surface area contributed by atoms with Crippen molar-refractivity contribution >= 4 is 11.3 Å². The maximum absolute atomic E-state index is 5.17. The molecule has 0 spiro atoms. The molecule has 2 nitrogen and oxygen atoms in total. The third kappa shape index (κ3) is 4.08. The SMILES string of the molecule is CCCC(NCc1ccc(OC)cc1)c1cccs1. The number of rotatable bonds is 7. The van der Waals surface area contributed by atoms with Crippen molar-refractivity contribution in [3.05, 3.63) is 52.2 Å². The van der Waals surface area contributed by atoms with Gasteiger partial charge in [0.1, 0.15) is 5.75 Å². The van der Waals surface area contributed by atoms with Gasteiger partial charge in [-0.3, -0.25) is 0 Å². The Labute approximate surface area is 119 Å². The number of nitrogens with one attached hydrogen (secondary N) is 1. The molecule has 0 radical (unpaired) electrons. The van der Waals surface area contributed by atoms with Gasteiger partial charge in [0.15, 0.2) is 0 Å². The van der Waals surface area contributed by atoms with Gasteiger partial charge in [-0.1, -0.05) is 31.5 Å². The van der Waals surface area contributed by atoms with Crippen molar-refractivity contribution in [1.82, 2.24) is 5.32 Å². The first-order chi connectivity index (χ1) is 9.33. The maximum Gasteiger partial charge on any atom is 0.118 e. The summed E-state index contributed by atoms with van der Waals surface area (Å²) in [6.07, 6.45) is 2.37. The molecule has 1 atom stereocenters. The highest BCUT2D eigenvalue weighted by molar-refractivity contribution is 7.10. The predicted molar refractivity (Wildman–Crippen MR) is 81.8 cm³/mol. The lowest BCUT2D eigenvalue weighted by atomic mass is 10.1. The van der Waals surface area contributed by atoms with Crippen LogP contribution in [0.25, 0.3) is 0 Å². The second-order valence-electron chi connectivity index (χ2n) is 4.59. The summed E-state index contributed by atoms with van der Waals surface area (Å²) in [6.45, 7) is 3.13. The van der Waals surface area contributed by atoms with Gasteiger partial charge in [0.25, 0.3) is 0 Å². The summed E-state index contributed by atoms with van der Waals surface area (Å²) in [6, 6.07) is 13.1. The number of methoxy groups -OCH3 is 1. The van der Waals surface area contributed by atoms with Crippen molar-refractivity contribution in [2.45, 2.75) is 32.4 Å². The van der Waals surface area contributed by atoms with Gasteiger partial charge in [-0.2, -0.15) is 0 Å². The highest BCUT2D eigenvalue weighted by atomic mass is 32.1. The molecule has 0 aliphatic carbocycles. The molecule has 0 bridgehead atoms. The van der Waals surface area contributed by atoms with Crippen LogP contribution in [0.4, 0.5) is 0 Å². The summed E-state index contributed by atoms with van der Waals surface area (Å²) in [7, 11) is 1.70. The predicted octanol–water partition coefficient (Wildman–Crippen LogP) is 4.39. The summed E-state index contributed by atoms with van der Waals surface area (Å²) >= 11 is 1.83. The zero-order valence-corrected chi connectivity index (χ0v) is 12.4. The van der Waals surface area contributed by atoms with Crippen molar-refractivity contribution in [2.24, 2.45) is 0 Å². The summed E-state index contributed by atoms with van der Waals surface area (Å²) < 4.78 is 5.17. The van der Waals surface area contributed by atoms with Gasteiger partial charge in [0, 0.05) is 17.5 Å². The normalized spacial score (nSPS) is 12.3. The molecule has 0 aliphatic heterocycles. The molecule has 102 valence electrons. The fraction of sp³-hybridized carbons (Fsp3) is 0.375. The molecule has 3 heteroatoms. The topological polar surface area (TPSA) is 21.3 Å². The smallest absolute Gasteiger partial charge is 0.118 e. The Kier molecular flexibility index (Phi) is 5.43. The molecule has 2 aromatic rings. The second-order valence-corrected chi connectivity index (χ2v) is 5.56. The molecule has 1 aromatic heterocycles. The van der Waals surface area contributed by atoms with Crippen molar-refractivity contribution < 1.29 is 4.74 Å². The first-order valence-corrected chi connectivity index (χ1v) is 7.61. The van der Waals surface area contributed by atoms with Gasteiger partial charge in [0.2, 0.25) is 0 Å². The molecule has 1 N–H and O–H groups in total. The average Bonchev–Trinajstić information content (AvgIpc) is 2.98. The minimum Gasteiger partial charge on any atom is -0.497 e. The van der Waals surface area contributed by atoms with Gasteiger partial charge in [-0.05, 0) is 35.6 Å². The maximum atomic E-state index is 5.17. The highest BCUT2D eigenvalue weighted by Gasteiger charge is 2.10. The van der Waals surface area contributed by atoms with E-state index in [-0.39, 0.29) is 0 Å². The Morgan fingerprint density at radius 1 is 1.21 bits per heavy atom. The third-order valence-corrected chi connectivity index (χ3v) is 4.16. The van der Waals surface area contributed by atoms with Crippen LogP contribution >= 0.6 is 11.3 Å². The molecule has 0 aliphatic rings. The van der Waals surface area contributed by atoms with Crippen molar-refractivity contribution in [3.8, 4) is 5.75 Å². The van der Waals surface area contributed by atoms with E-state index in [9.17, 15) is 0 Å².